The summed E-state index contributed by atoms with van der Waals surface area (Å²) in [7, 11) is 0. The highest BCUT2D eigenvalue weighted by Gasteiger charge is 2.42. The number of benzene rings is 3. The fraction of sp³-hybridized carbons (Fsp3) is 0.130. The molecule has 0 saturated carbocycles. The molecular weight excluding hydrogens is 350 g/mol. The number of hydrazone groups is 1. The monoisotopic (exact) mass is 369 g/mol. The van der Waals surface area contributed by atoms with Gasteiger partial charge in [0.1, 0.15) is 5.75 Å². The summed E-state index contributed by atoms with van der Waals surface area (Å²) in [5.41, 5.74) is 4.43. The SMILES string of the molecule is O=C1Nc2ccccc2[C@H]1N1N=C(c2ccccc2)C[C@@H]1c1ccccc1O. The molecule has 0 aromatic heterocycles. The van der Waals surface area contributed by atoms with E-state index in [0.29, 0.717) is 6.42 Å². The molecule has 0 unspecified atom stereocenters. The van der Waals surface area contributed by atoms with Gasteiger partial charge in [0.05, 0.1) is 11.8 Å². The van der Waals surface area contributed by atoms with Crippen molar-refractivity contribution in [3.05, 3.63) is 95.6 Å². The van der Waals surface area contributed by atoms with Crippen LogP contribution in [0.25, 0.3) is 0 Å². The van der Waals surface area contributed by atoms with E-state index in [1.54, 1.807) is 12.1 Å². The molecule has 2 aliphatic rings. The number of fused-ring (bicyclic) bond motifs is 1. The minimum Gasteiger partial charge on any atom is -0.508 e. The zero-order valence-corrected chi connectivity index (χ0v) is 15.1. The summed E-state index contributed by atoms with van der Waals surface area (Å²) in [6.07, 6.45) is 0.619. The number of phenols is 1. The third-order valence-corrected chi connectivity index (χ3v) is 5.37. The number of anilines is 1. The van der Waals surface area contributed by atoms with Crippen molar-refractivity contribution in [2.45, 2.75) is 18.5 Å². The maximum absolute atomic E-state index is 12.8. The van der Waals surface area contributed by atoms with E-state index < -0.39 is 6.04 Å². The maximum Gasteiger partial charge on any atom is 0.253 e. The Labute approximate surface area is 162 Å². The Kier molecular flexibility index (Phi) is 3.86. The fourth-order valence-electron chi connectivity index (χ4n) is 4.05. The molecule has 2 N–H and O–H groups in total. The van der Waals surface area contributed by atoms with Crippen LogP contribution in [0, 0.1) is 0 Å². The summed E-state index contributed by atoms with van der Waals surface area (Å²) in [6.45, 7) is 0. The predicted molar refractivity (Wildman–Crippen MR) is 108 cm³/mol. The molecular formula is C23H19N3O2. The van der Waals surface area contributed by atoms with E-state index in [0.717, 1.165) is 28.1 Å². The van der Waals surface area contributed by atoms with E-state index >= 15 is 0 Å². The van der Waals surface area contributed by atoms with Crippen LogP contribution < -0.4 is 5.32 Å². The Bertz CT molecular complexity index is 1080. The van der Waals surface area contributed by atoms with E-state index in [4.69, 9.17) is 5.10 Å². The molecule has 2 atom stereocenters. The average molecular weight is 369 g/mol. The second-order valence-corrected chi connectivity index (χ2v) is 7.05. The number of hydrogen-bond donors (Lipinski definition) is 2. The topological polar surface area (TPSA) is 64.9 Å². The molecule has 0 aliphatic carbocycles. The molecule has 28 heavy (non-hydrogen) atoms. The number of carbonyl (C=O) groups excluding carboxylic acids is 1. The van der Waals surface area contributed by atoms with Crippen molar-refractivity contribution in [1.82, 2.24) is 5.01 Å². The zero-order chi connectivity index (χ0) is 19.1. The second-order valence-electron chi connectivity index (χ2n) is 7.05. The van der Waals surface area contributed by atoms with Gasteiger partial charge in [-0.2, -0.15) is 5.10 Å². The zero-order valence-electron chi connectivity index (χ0n) is 15.1. The van der Waals surface area contributed by atoms with Gasteiger partial charge in [-0.15, -0.1) is 0 Å². The molecule has 2 heterocycles. The maximum atomic E-state index is 12.8. The van der Waals surface area contributed by atoms with Crippen LogP contribution in [0.3, 0.4) is 0 Å². The number of para-hydroxylation sites is 2. The Morgan fingerprint density at radius 1 is 0.893 bits per heavy atom. The second kappa shape index (κ2) is 6.53. The number of nitrogens with one attached hydrogen (secondary N) is 1. The molecule has 1 amide bonds. The molecule has 0 bridgehead atoms. The third-order valence-electron chi connectivity index (χ3n) is 5.37. The smallest absolute Gasteiger partial charge is 0.253 e. The first kappa shape index (κ1) is 16.6. The van der Waals surface area contributed by atoms with E-state index in [-0.39, 0.29) is 17.7 Å². The van der Waals surface area contributed by atoms with Gasteiger partial charge in [-0.1, -0.05) is 66.7 Å². The molecule has 0 fully saturated rings. The van der Waals surface area contributed by atoms with Crippen molar-refractivity contribution < 1.29 is 9.90 Å². The van der Waals surface area contributed by atoms with Crippen molar-refractivity contribution in [3.63, 3.8) is 0 Å². The molecule has 5 heteroatoms. The summed E-state index contributed by atoms with van der Waals surface area (Å²) < 4.78 is 0. The first-order valence-corrected chi connectivity index (χ1v) is 9.31. The molecule has 0 radical (unpaired) electrons. The number of aromatic hydroxyl groups is 1. The van der Waals surface area contributed by atoms with Gasteiger partial charge < -0.3 is 10.4 Å². The van der Waals surface area contributed by atoms with Crippen molar-refractivity contribution >= 4 is 17.3 Å². The van der Waals surface area contributed by atoms with Gasteiger partial charge >= 0.3 is 0 Å². The minimum atomic E-state index is -0.526. The number of phenolic OH excluding ortho intramolecular Hbond substituents is 1. The molecule has 138 valence electrons. The van der Waals surface area contributed by atoms with E-state index in [1.807, 2.05) is 71.7 Å². The fourth-order valence-corrected chi connectivity index (χ4v) is 4.05. The largest absolute Gasteiger partial charge is 0.508 e. The minimum absolute atomic E-state index is 0.0975. The normalized spacial score (nSPS) is 20.6. The van der Waals surface area contributed by atoms with Gasteiger partial charge in [-0.05, 0) is 17.7 Å². The number of rotatable bonds is 3. The van der Waals surface area contributed by atoms with E-state index in [2.05, 4.69) is 5.32 Å². The van der Waals surface area contributed by atoms with Gasteiger partial charge in [0, 0.05) is 23.2 Å². The Balaban J connectivity index is 1.62. The summed E-state index contributed by atoms with van der Waals surface area (Å²) in [4.78, 5) is 12.8. The van der Waals surface area contributed by atoms with Gasteiger partial charge in [-0.25, -0.2) is 0 Å². The van der Waals surface area contributed by atoms with Crippen LogP contribution in [0.15, 0.2) is 84.0 Å². The highest BCUT2D eigenvalue weighted by Crippen LogP contribution is 2.45. The lowest BCUT2D eigenvalue weighted by atomic mass is 9.96. The van der Waals surface area contributed by atoms with Crippen molar-refractivity contribution in [3.8, 4) is 5.75 Å². The van der Waals surface area contributed by atoms with Crippen molar-refractivity contribution in [1.29, 1.82) is 0 Å². The average Bonchev–Trinajstić information content (AvgIpc) is 3.29. The van der Waals surface area contributed by atoms with Crippen molar-refractivity contribution in [2.75, 3.05) is 5.32 Å². The lowest BCUT2D eigenvalue weighted by Gasteiger charge is -2.29. The van der Waals surface area contributed by atoms with Crippen LogP contribution in [0.1, 0.15) is 35.2 Å². The third kappa shape index (κ3) is 2.63. The molecule has 5 rings (SSSR count). The number of carbonyl (C=O) groups is 1. The molecule has 0 spiro atoms. The molecule has 3 aromatic rings. The van der Waals surface area contributed by atoms with E-state index in [9.17, 15) is 9.90 Å². The standard InChI is InChI=1S/C23H19N3O2/c27-21-13-7-5-11-17(21)20-14-19(15-8-2-1-3-9-15)25-26(20)22-16-10-4-6-12-18(16)24-23(22)28/h1-13,20,22,27H,14H2,(H,24,28)/t20-,22-/m1/s1. The quantitative estimate of drug-likeness (QED) is 0.726. The lowest BCUT2D eigenvalue weighted by Crippen LogP contribution is -2.30. The van der Waals surface area contributed by atoms with Crippen LogP contribution in [-0.2, 0) is 4.79 Å². The molecule has 0 saturated heterocycles. The summed E-state index contributed by atoms with van der Waals surface area (Å²) in [6, 6.07) is 24.2. The Morgan fingerprint density at radius 2 is 1.57 bits per heavy atom. The number of amides is 1. The van der Waals surface area contributed by atoms with Crippen LogP contribution >= 0.6 is 0 Å². The highest BCUT2D eigenvalue weighted by molar-refractivity contribution is 6.04. The highest BCUT2D eigenvalue weighted by atomic mass is 16.3. The van der Waals surface area contributed by atoms with Crippen LogP contribution in [-0.4, -0.2) is 21.7 Å². The molecule has 2 aliphatic heterocycles. The number of hydrogen-bond acceptors (Lipinski definition) is 4. The molecule has 3 aromatic carbocycles. The van der Waals surface area contributed by atoms with Gasteiger partial charge in [-0.3, -0.25) is 9.80 Å². The summed E-state index contributed by atoms with van der Waals surface area (Å²) in [5, 5.41) is 20.1. The Morgan fingerprint density at radius 3 is 2.36 bits per heavy atom. The van der Waals surface area contributed by atoms with Gasteiger partial charge in [0.2, 0.25) is 0 Å². The van der Waals surface area contributed by atoms with Gasteiger partial charge in [0.25, 0.3) is 5.91 Å². The van der Waals surface area contributed by atoms with Crippen LogP contribution in [0.2, 0.25) is 0 Å². The van der Waals surface area contributed by atoms with E-state index in [1.165, 1.54) is 0 Å². The summed E-state index contributed by atoms with van der Waals surface area (Å²) >= 11 is 0. The first-order valence-electron chi connectivity index (χ1n) is 9.31. The summed E-state index contributed by atoms with van der Waals surface area (Å²) in [5.74, 6) is 0.119. The lowest BCUT2D eigenvalue weighted by molar-refractivity contribution is -0.121. The Hall–Kier alpha value is -3.60. The van der Waals surface area contributed by atoms with Crippen molar-refractivity contribution in [2.24, 2.45) is 5.10 Å². The first-order chi connectivity index (χ1) is 13.7. The molecule has 5 nitrogen and oxygen atoms in total. The van der Waals surface area contributed by atoms with Gasteiger partial charge in [0.15, 0.2) is 6.04 Å². The van der Waals surface area contributed by atoms with Crippen LogP contribution in [0.5, 0.6) is 5.75 Å². The number of nitrogens with zero attached hydrogens (tertiary/aromatic N) is 2. The van der Waals surface area contributed by atoms with Crippen LogP contribution in [0.4, 0.5) is 5.69 Å². The predicted octanol–water partition coefficient (Wildman–Crippen LogP) is 4.24.